The van der Waals surface area contributed by atoms with Crippen molar-refractivity contribution in [1.82, 2.24) is 0 Å². The predicted octanol–water partition coefficient (Wildman–Crippen LogP) is 6.08. The van der Waals surface area contributed by atoms with E-state index in [0.29, 0.717) is 6.61 Å². The van der Waals surface area contributed by atoms with Gasteiger partial charge < -0.3 is 4.74 Å². The van der Waals surface area contributed by atoms with E-state index in [9.17, 15) is 4.79 Å². The third-order valence-electron chi connectivity index (χ3n) is 4.47. The van der Waals surface area contributed by atoms with Gasteiger partial charge in [-0.1, -0.05) is 60.9 Å². The van der Waals surface area contributed by atoms with Gasteiger partial charge in [-0.2, -0.15) is 0 Å². The van der Waals surface area contributed by atoms with Gasteiger partial charge in [0.15, 0.2) is 0 Å². The Labute approximate surface area is 147 Å². The number of carbonyl (C=O) groups is 1. The first-order chi connectivity index (χ1) is 11.2. The number of hydrogen-bond donors (Lipinski definition) is 0. The van der Waals surface area contributed by atoms with Crippen LogP contribution in [0.2, 0.25) is 0 Å². The van der Waals surface area contributed by atoms with E-state index in [2.05, 4.69) is 45.9 Å². The topological polar surface area (TPSA) is 26.3 Å². The minimum atomic E-state index is -0.251. The van der Waals surface area contributed by atoms with Gasteiger partial charge in [0.1, 0.15) is 6.61 Å². The second-order valence-corrected chi connectivity index (χ2v) is 7.29. The zero-order valence-electron chi connectivity index (χ0n) is 16.1. The van der Waals surface area contributed by atoms with Crippen LogP contribution in [0.4, 0.5) is 0 Å². The molecule has 0 aromatic heterocycles. The van der Waals surface area contributed by atoms with Gasteiger partial charge in [0, 0.05) is 6.92 Å². The van der Waals surface area contributed by atoms with Gasteiger partial charge in [0.2, 0.25) is 0 Å². The van der Waals surface area contributed by atoms with Gasteiger partial charge in [-0.25, -0.2) is 0 Å². The first kappa shape index (κ1) is 20.2. The van der Waals surface area contributed by atoms with Gasteiger partial charge in [0.05, 0.1) is 0 Å². The summed E-state index contributed by atoms with van der Waals surface area (Å²) in [7, 11) is 0. The third kappa shape index (κ3) is 7.16. The van der Waals surface area contributed by atoms with E-state index in [1.165, 1.54) is 42.9 Å². The normalized spacial score (nSPS) is 19.4. The highest BCUT2D eigenvalue weighted by molar-refractivity contribution is 5.66. The zero-order chi connectivity index (χ0) is 18.2. The molecule has 0 aromatic rings. The number of esters is 1. The number of rotatable bonds is 6. The first-order valence-electron chi connectivity index (χ1n) is 8.76. The van der Waals surface area contributed by atoms with Crippen molar-refractivity contribution in [3.63, 3.8) is 0 Å². The summed E-state index contributed by atoms with van der Waals surface area (Å²) in [5.41, 5.74) is 5.60. The molecule has 2 heteroatoms. The Morgan fingerprint density at radius 2 is 1.88 bits per heavy atom. The summed E-state index contributed by atoms with van der Waals surface area (Å²) in [6.07, 6.45) is 16.3. The summed E-state index contributed by atoms with van der Waals surface area (Å²) in [5.74, 6) is -0.251. The Morgan fingerprint density at radius 1 is 1.17 bits per heavy atom. The van der Waals surface area contributed by atoms with Crippen molar-refractivity contribution in [2.24, 2.45) is 5.41 Å². The van der Waals surface area contributed by atoms with Crippen molar-refractivity contribution in [3.8, 4) is 0 Å². The van der Waals surface area contributed by atoms with Crippen molar-refractivity contribution >= 4 is 5.97 Å². The quantitative estimate of drug-likeness (QED) is 0.436. The lowest BCUT2D eigenvalue weighted by Gasteiger charge is -2.32. The minimum absolute atomic E-state index is 0.251. The molecule has 2 nitrogen and oxygen atoms in total. The van der Waals surface area contributed by atoms with Crippen molar-refractivity contribution in [2.45, 2.75) is 60.8 Å². The van der Waals surface area contributed by atoms with Crippen LogP contribution < -0.4 is 0 Å². The maximum Gasteiger partial charge on any atom is 0.302 e. The predicted molar refractivity (Wildman–Crippen MR) is 103 cm³/mol. The molecule has 0 aliphatic heterocycles. The maximum atomic E-state index is 10.7. The van der Waals surface area contributed by atoms with Gasteiger partial charge >= 0.3 is 5.97 Å². The second-order valence-electron chi connectivity index (χ2n) is 7.29. The average molecular weight is 328 g/mol. The SMILES string of the molecule is CC(=O)OCC=C(C)C=CC=C(C)/C=C/C1=C(C)CCCC1(C)C. The molecule has 0 unspecified atom stereocenters. The fourth-order valence-corrected chi connectivity index (χ4v) is 2.99. The maximum absolute atomic E-state index is 10.7. The Balaban J connectivity index is 2.67. The largest absolute Gasteiger partial charge is 0.462 e. The van der Waals surface area contributed by atoms with Gasteiger partial charge in [-0.15, -0.1) is 0 Å². The molecule has 0 heterocycles. The molecule has 132 valence electrons. The highest BCUT2D eigenvalue weighted by Gasteiger charge is 2.26. The van der Waals surface area contributed by atoms with Crippen LogP contribution in [0, 0.1) is 5.41 Å². The van der Waals surface area contributed by atoms with Crippen molar-refractivity contribution in [1.29, 1.82) is 0 Å². The van der Waals surface area contributed by atoms with Crippen LogP contribution in [0.25, 0.3) is 0 Å². The fourth-order valence-electron chi connectivity index (χ4n) is 2.99. The molecule has 0 aromatic carbocycles. The smallest absolute Gasteiger partial charge is 0.302 e. The summed E-state index contributed by atoms with van der Waals surface area (Å²) >= 11 is 0. The van der Waals surface area contributed by atoms with Crippen molar-refractivity contribution in [2.75, 3.05) is 6.61 Å². The molecule has 24 heavy (non-hydrogen) atoms. The minimum Gasteiger partial charge on any atom is -0.462 e. The van der Waals surface area contributed by atoms with Gasteiger partial charge in [-0.3, -0.25) is 4.79 Å². The van der Waals surface area contributed by atoms with E-state index in [1.54, 1.807) is 0 Å². The van der Waals surface area contributed by atoms with Crippen molar-refractivity contribution < 1.29 is 9.53 Å². The van der Waals surface area contributed by atoms with E-state index in [1.807, 2.05) is 25.2 Å². The Kier molecular flexibility index (Phi) is 7.97. The lowest BCUT2D eigenvalue weighted by molar-refractivity contribution is -0.139. The molecular formula is C22H32O2. The zero-order valence-corrected chi connectivity index (χ0v) is 16.1. The Bertz CT molecular complexity index is 595. The molecule has 0 bridgehead atoms. The lowest BCUT2D eigenvalue weighted by Crippen LogP contribution is -2.19. The van der Waals surface area contributed by atoms with Crippen LogP contribution in [-0.2, 0) is 9.53 Å². The molecule has 1 rings (SSSR count). The molecule has 1 aliphatic rings. The van der Waals surface area contributed by atoms with E-state index in [0.717, 1.165) is 5.57 Å². The van der Waals surface area contributed by atoms with Crippen LogP contribution in [0.15, 0.2) is 58.7 Å². The summed E-state index contributed by atoms with van der Waals surface area (Å²) in [6, 6.07) is 0. The molecule has 0 fully saturated rings. The summed E-state index contributed by atoms with van der Waals surface area (Å²) in [6.45, 7) is 12.8. The molecule has 1 aliphatic carbocycles. The monoisotopic (exact) mass is 328 g/mol. The standard InChI is InChI=1S/C22H32O2/c1-17(9-7-10-18(2)14-16-24-20(4)23)12-13-21-19(3)11-8-15-22(21,5)6/h7,9-10,12-14H,8,11,15-16H2,1-6H3/b10-7?,13-12+,17-9?,18-14?. The number of hydrogen-bond acceptors (Lipinski definition) is 2. The number of carbonyl (C=O) groups excluding carboxylic acids is 1. The molecule has 0 atom stereocenters. The molecule has 0 saturated heterocycles. The van der Waals surface area contributed by atoms with E-state index in [4.69, 9.17) is 4.74 Å². The second kappa shape index (κ2) is 9.46. The Morgan fingerprint density at radius 3 is 2.50 bits per heavy atom. The molecule has 0 N–H and O–H groups in total. The average Bonchev–Trinajstić information content (AvgIpc) is 2.45. The molecule has 0 spiro atoms. The third-order valence-corrected chi connectivity index (χ3v) is 4.47. The van der Waals surface area contributed by atoms with Gasteiger partial charge in [-0.05, 0) is 57.1 Å². The van der Waals surface area contributed by atoms with Crippen LogP contribution >= 0.6 is 0 Å². The number of allylic oxidation sites excluding steroid dienone is 9. The molecule has 0 radical (unpaired) electrons. The molecule has 0 amide bonds. The van der Waals surface area contributed by atoms with E-state index >= 15 is 0 Å². The van der Waals surface area contributed by atoms with Crippen LogP contribution in [0.1, 0.15) is 60.8 Å². The lowest BCUT2D eigenvalue weighted by atomic mass is 9.72. The Hall–Kier alpha value is -1.83. The summed E-state index contributed by atoms with van der Waals surface area (Å²) in [4.78, 5) is 10.7. The molecule has 0 saturated carbocycles. The van der Waals surface area contributed by atoms with Crippen LogP contribution in [0.3, 0.4) is 0 Å². The highest BCUT2D eigenvalue weighted by Crippen LogP contribution is 2.40. The molecular weight excluding hydrogens is 296 g/mol. The highest BCUT2D eigenvalue weighted by atomic mass is 16.5. The van der Waals surface area contributed by atoms with Crippen LogP contribution in [-0.4, -0.2) is 12.6 Å². The van der Waals surface area contributed by atoms with Crippen molar-refractivity contribution in [3.05, 3.63) is 58.7 Å². The first-order valence-corrected chi connectivity index (χ1v) is 8.76. The van der Waals surface area contributed by atoms with E-state index < -0.39 is 0 Å². The van der Waals surface area contributed by atoms with E-state index in [-0.39, 0.29) is 11.4 Å². The summed E-state index contributed by atoms with van der Waals surface area (Å²) < 4.78 is 4.89. The fraction of sp³-hybridized carbons (Fsp3) is 0.500. The van der Waals surface area contributed by atoms with Crippen LogP contribution in [0.5, 0.6) is 0 Å². The number of ether oxygens (including phenoxy) is 1. The van der Waals surface area contributed by atoms with Gasteiger partial charge in [0.25, 0.3) is 0 Å². The summed E-state index contributed by atoms with van der Waals surface area (Å²) in [5, 5.41) is 0.